The topological polar surface area (TPSA) is 66.9 Å². The van der Waals surface area contributed by atoms with Gasteiger partial charge in [-0.2, -0.15) is 0 Å². The van der Waals surface area contributed by atoms with E-state index in [-0.39, 0.29) is 5.91 Å². The van der Waals surface area contributed by atoms with Gasteiger partial charge < -0.3 is 10.6 Å². The SMILES string of the molecule is CCC(C)Nc1ncc(C(=O)NCCc2cccc(Cl)c2)cn1. The molecule has 1 amide bonds. The molecule has 0 bridgehead atoms. The fraction of sp³-hybridized carbons (Fsp3) is 0.353. The second-order valence-electron chi connectivity index (χ2n) is 5.38. The standard InChI is InChI=1S/C17H21ClN4O/c1-3-12(2)22-17-20-10-14(11-21-17)16(23)19-8-7-13-5-4-6-15(18)9-13/h4-6,9-12H,3,7-8H2,1-2H3,(H,19,23)(H,20,21,22). The normalized spacial score (nSPS) is 11.8. The largest absolute Gasteiger partial charge is 0.352 e. The fourth-order valence-electron chi connectivity index (χ4n) is 1.96. The Hall–Kier alpha value is -2.14. The van der Waals surface area contributed by atoms with E-state index in [9.17, 15) is 4.79 Å². The van der Waals surface area contributed by atoms with E-state index in [4.69, 9.17) is 11.6 Å². The summed E-state index contributed by atoms with van der Waals surface area (Å²) in [6, 6.07) is 7.90. The lowest BCUT2D eigenvalue weighted by Gasteiger charge is -2.11. The lowest BCUT2D eigenvalue weighted by molar-refractivity contribution is 0.0953. The van der Waals surface area contributed by atoms with Crippen LogP contribution in [0.15, 0.2) is 36.7 Å². The molecule has 1 unspecified atom stereocenters. The Balaban J connectivity index is 1.83. The molecule has 0 saturated heterocycles. The van der Waals surface area contributed by atoms with E-state index in [1.807, 2.05) is 24.3 Å². The number of carbonyl (C=O) groups is 1. The number of aromatic nitrogens is 2. The molecule has 1 aromatic carbocycles. The second-order valence-corrected chi connectivity index (χ2v) is 5.82. The maximum atomic E-state index is 12.1. The summed E-state index contributed by atoms with van der Waals surface area (Å²) >= 11 is 5.93. The van der Waals surface area contributed by atoms with Crippen molar-refractivity contribution < 1.29 is 4.79 Å². The molecule has 0 spiro atoms. The van der Waals surface area contributed by atoms with Crippen LogP contribution in [-0.2, 0) is 6.42 Å². The quantitative estimate of drug-likeness (QED) is 0.816. The van der Waals surface area contributed by atoms with Gasteiger partial charge in [-0.3, -0.25) is 4.79 Å². The summed E-state index contributed by atoms with van der Waals surface area (Å²) in [5.74, 6) is 0.358. The highest BCUT2D eigenvalue weighted by Gasteiger charge is 2.07. The van der Waals surface area contributed by atoms with Gasteiger partial charge in [-0.05, 0) is 37.5 Å². The molecule has 23 heavy (non-hydrogen) atoms. The van der Waals surface area contributed by atoms with E-state index in [0.29, 0.717) is 29.1 Å². The summed E-state index contributed by atoms with van der Waals surface area (Å²) in [6.07, 6.45) is 4.77. The molecule has 1 heterocycles. The first-order valence-corrected chi connectivity index (χ1v) is 8.07. The highest BCUT2D eigenvalue weighted by Crippen LogP contribution is 2.10. The number of nitrogens with zero attached hydrogens (tertiary/aromatic N) is 2. The van der Waals surface area contributed by atoms with Crippen molar-refractivity contribution in [3.05, 3.63) is 52.8 Å². The first kappa shape index (κ1) is 17.2. The zero-order chi connectivity index (χ0) is 16.7. The molecular weight excluding hydrogens is 312 g/mol. The predicted octanol–water partition coefficient (Wildman–Crippen LogP) is 3.31. The van der Waals surface area contributed by atoms with Crippen LogP contribution in [0.2, 0.25) is 5.02 Å². The maximum Gasteiger partial charge on any atom is 0.254 e. The maximum absolute atomic E-state index is 12.1. The number of hydrogen-bond donors (Lipinski definition) is 2. The Bertz CT molecular complexity index is 645. The zero-order valence-electron chi connectivity index (χ0n) is 13.3. The average molecular weight is 333 g/mol. The summed E-state index contributed by atoms with van der Waals surface area (Å²) in [7, 11) is 0. The Morgan fingerprint density at radius 1 is 1.30 bits per heavy atom. The van der Waals surface area contributed by atoms with Gasteiger partial charge in [0, 0.05) is 30.0 Å². The molecule has 0 saturated carbocycles. The number of nitrogens with one attached hydrogen (secondary N) is 2. The molecule has 2 aromatic rings. The summed E-state index contributed by atoms with van der Waals surface area (Å²) in [5.41, 5.74) is 1.54. The molecule has 6 heteroatoms. The van der Waals surface area contributed by atoms with E-state index < -0.39 is 0 Å². The summed E-state index contributed by atoms with van der Waals surface area (Å²) < 4.78 is 0. The van der Waals surface area contributed by atoms with Gasteiger partial charge in [-0.15, -0.1) is 0 Å². The Morgan fingerprint density at radius 2 is 2.04 bits per heavy atom. The van der Waals surface area contributed by atoms with Crippen molar-refractivity contribution in [2.45, 2.75) is 32.7 Å². The Labute approximate surface area is 141 Å². The van der Waals surface area contributed by atoms with Gasteiger partial charge in [0.2, 0.25) is 5.95 Å². The number of hydrogen-bond acceptors (Lipinski definition) is 4. The van der Waals surface area contributed by atoms with E-state index in [2.05, 4.69) is 34.4 Å². The summed E-state index contributed by atoms with van der Waals surface area (Å²) in [4.78, 5) is 20.4. The fourth-order valence-corrected chi connectivity index (χ4v) is 2.17. The van der Waals surface area contributed by atoms with Crippen LogP contribution in [0.3, 0.4) is 0 Å². The molecule has 0 fully saturated rings. The van der Waals surface area contributed by atoms with Crippen LogP contribution in [0, 0.1) is 0 Å². The molecule has 0 aliphatic rings. The van der Waals surface area contributed by atoms with Crippen molar-refractivity contribution in [2.75, 3.05) is 11.9 Å². The lowest BCUT2D eigenvalue weighted by Crippen LogP contribution is -2.26. The van der Waals surface area contributed by atoms with Crippen LogP contribution < -0.4 is 10.6 Å². The molecule has 0 radical (unpaired) electrons. The minimum atomic E-state index is -0.179. The van der Waals surface area contributed by atoms with Crippen LogP contribution in [0.4, 0.5) is 5.95 Å². The van der Waals surface area contributed by atoms with Gasteiger partial charge >= 0.3 is 0 Å². The van der Waals surface area contributed by atoms with E-state index in [1.165, 1.54) is 12.4 Å². The number of carbonyl (C=O) groups excluding carboxylic acids is 1. The van der Waals surface area contributed by atoms with Crippen LogP contribution in [0.5, 0.6) is 0 Å². The number of halogens is 1. The molecule has 1 aromatic heterocycles. The van der Waals surface area contributed by atoms with Gasteiger partial charge in [0.1, 0.15) is 0 Å². The van der Waals surface area contributed by atoms with Crippen molar-refractivity contribution in [2.24, 2.45) is 0 Å². The minimum Gasteiger partial charge on any atom is -0.352 e. The Kier molecular flexibility index (Phi) is 6.35. The van der Waals surface area contributed by atoms with Gasteiger partial charge in [-0.25, -0.2) is 9.97 Å². The van der Waals surface area contributed by atoms with Crippen LogP contribution in [0.1, 0.15) is 36.2 Å². The van der Waals surface area contributed by atoms with Gasteiger partial charge in [-0.1, -0.05) is 30.7 Å². The second kappa shape index (κ2) is 8.48. The molecule has 0 aliphatic heterocycles. The number of benzene rings is 1. The number of rotatable bonds is 7. The van der Waals surface area contributed by atoms with Crippen LogP contribution in [-0.4, -0.2) is 28.5 Å². The Morgan fingerprint density at radius 3 is 2.70 bits per heavy atom. The smallest absolute Gasteiger partial charge is 0.254 e. The molecular formula is C17H21ClN4O. The highest BCUT2D eigenvalue weighted by atomic mass is 35.5. The molecule has 2 rings (SSSR count). The highest BCUT2D eigenvalue weighted by molar-refractivity contribution is 6.30. The summed E-state index contributed by atoms with van der Waals surface area (Å²) in [6.45, 7) is 4.67. The minimum absolute atomic E-state index is 0.179. The molecule has 5 nitrogen and oxygen atoms in total. The molecule has 122 valence electrons. The first-order valence-electron chi connectivity index (χ1n) is 7.69. The molecule has 1 atom stereocenters. The third kappa shape index (κ3) is 5.53. The van der Waals surface area contributed by atoms with Crippen molar-refractivity contribution in [1.29, 1.82) is 0 Å². The monoisotopic (exact) mass is 332 g/mol. The van der Waals surface area contributed by atoms with Gasteiger partial charge in [0.25, 0.3) is 5.91 Å². The zero-order valence-corrected chi connectivity index (χ0v) is 14.1. The first-order chi connectivity index (χ1) is 11.1. The summed E-state index contributed by atoms with van der Waals surface area (Å²) in [5, 5.41) is 6.72. The predicted molar refractivity (Wildman–Crippen MR) is 92.9 cm³/mol. The van der Waals surface area contributed by atoms with E-state index >= 15 is 0 Å². The van der Waals surface area contributed by atoms with Crippen molar-refractivity contribution in [3.8, 4) is 0 Å². The van der Waals surface area contributed by atoms with Crippen LogP contribution in [0.25, 0.3) is 0 Å². The molecule has 0 aliphatic carbocycles. The number of amides is 1. The van der Waals surface area contributed by atoms with Crippen molar-refractivity contribution in [3.63, 3.8) is 0 Å². The van der Waals surface area contributed by atoms with Crippen molar-refractivity contribution >= 4 is 23.5 Å². The van der Waals surface area contributed by atoms with Gasteiger partial charge in [0.15, 0.2) is 0 Å². The average Bonchev–Trinajstić information content (AvgIpc) is 2.55. The third-order valence-electron chi connectivity index (χ3n) is 3.49. The third-order valence-corrected chi connectivity index (χ3v) is 3.73. The lowest BCUT2D eigenvalue weighted by atomic mass is 10.1. The van der Waals surface area contributed by atoms with Gasteiger partial charge in [0.05, 0.1) is 5.56 Å². The number of anilines is 1. The van der Waals surface area contributed by atoms with Crippen LogP contribution >= 0.6 is 11.6 Å². The molecule has 2 N–H and O–H groups in total. The van der Waals surface area contributed by atoms with Crippen molar-refractivity contribution in [1.82, 2.24) is 15.3 Å². The van der Waals surface area contributed by atoms with E-state index in [0.717, 1.165) is 18.4 Å². The van der Waals surface area contributed by atoms with E-state index in [1.54, 1.807) is 0 Å².